The predicted molar refractivity (Wildman–Crippen MR) is 142 cm³/mol. The SMILES string of the molecule is COC(=O)[C@H](Cc1ccc(-c2csc(C(C)N)c2)cc1)Nc1ccccc1C(=O)c1ccccc1. The van der Waals surface area contributed by atoms with Crippen LogP contribution in [-0.4, -0.2) is 24.9 Å². The lowest BCUT2D eigenvalue weighted by Gasteiger charge is -2.20. The number of ether oxygens (including phenoxy) is 1. The highest BCUT2D eigenvalue weighted by Crippen LogP contribution is 2.29. The van der Waals surface area contributed by atoms with Gasteiger partial charge in [0.05, 0.1) is 7.11 Å². The number of methoxy groups -OCH3 is 1. The van der Waals surface area contributed by atoms with Crippen LogP contribution in [0.4, 0.5) is 5.69 Å². The molecule has 0 aliphatic heterocycles. The number of anilines is 1. The van der Waals surface area contributed by atoms with Gasteiger partial charge in [-0.15, -0.1) is 11.3 Å². The molecular weight excluding hydrogens is 456 g/mol. The minimum absolute atomic E-state index is 0.0107. The normalized spacial score (nSPS) is 12.5. The number of thiophene rings is 1. The first-order valence-electron chi connectivity index (χ1n) is 11.4. The Kier molecular flexibility index (Phi) is 7.75. The number of carbonyl (C=O) groups is 2. The lowest BCUT2D eigenvalue weighted by molar-refractivity contribution is -0.141. The molecule has 0 radical (unpaired) electrons. The van der Waals surface area contributed by atoms with Gasteiger partial charge in [0.15, 0.2) is 5.78 Å². The standard InChI is InChI=1S/C29H28N2O3S/c1-19(30)27-17-23(18-35-27)21-14-12-20(13-15-21)16-26(29(33)34-2)31-25-11-7-6-10-24(25)28(32)22-8-4-3-5-9-22/h3-15,17-19,26,31H,16,30H2,1-2H3/t19?,26-/m0/s1. The molecule has 1 unspecified atom stereocenters. The van der Waals surface area contributed by atoms with Gasteiger partial charge in [0.25, 0.3) is 0 Å². The Bertz CT molecular complexity index is 1300. The molecule has 0 amide bonds. The van der Waals surface area contributed by atoms with Crippen molar-refractivity contribution in [2.75, 3.05) is 12.4 Å². The number of benzene rings is 3. The van der Waals surface area contributed by atoms with E-state index in [0.29, 0.717) is 23.2 Å². The number of hydrogen-bond donors (Lipinski definition) is 2. The quantitative estimate of drug-likeness (QED) is 0.230. The Balaban J connectivity index is 1.54. The van der Waals surface area contributed by atoms with Crippen LogP contribution >= 0.6 is 11.3 Å². The summed E-state index contributed by atoms with van der Waals surface area (Å²) in [4.78, 5) is 26.9. The predicted octanol–water partition coefficient (Wildman–Crippen LogP) is 5.86. The van der Waals surface area contributed by atoms with Crippen molar-refractivity contribution in [1.29, 1.82) is 0 Å². The van der Waals surface area contributed by atoms with Crippen LogP contribution in [0, 0.1) is 0 Å². The Morgan fingerprint density at radius 2 is 1.63 bits per heavy atom. The molecule has 4 rings (SSSR count). The average molecular weight is 485 g/mol. The van der Waals surface area contributed by atoms with Gasteiger partial charge in [0.2, 0.25) is 0 Å². The number of para-hydroxylation sites is 1. The lowest BCUT2D eigenvalue weighted by Crippen LogP contribution is -2.33. The van der Waals surface area contributed by atoms with Crippen LogP contribution in [0.3, 0.4) is 0 Å². The summed E-state index contributed by atoms with van der Waals surface area (Å²) in [6, 6.07) is 25.9. The summed E-state index contributed by atoms with van der Waals surface area (Å²) in [5, 5.41) is 5.36. The topological polar surface area (TPSA) is 81.4 Å². The maximum atomic E-state index is 13.1. The van der Waals surface area contributed by atoms with Crippen LogP contribution in [0.15, 0.2) is 90.3 Å². The van der Waals surface area contributed by atoms with E-state index in [1.54, 1.807) is 29.5 Å². The van der Waals surface area contributed by atoms with E-state index in [4.69, 9.17) is 10.5 Å². The van der Waals surface area contributed by atoms with Gasteiger partial charge < -0.3 is 15.8 Å². The van der Waals surface area contributed by atoms with Gasteiger partial charge in [-0.1, -0.05) is 66.7 Å². The van der Waals surface area contributed by atoms with Crippen molar-refractivity contribution >= 4 is 28.8 Å². The van der Waals surface area contributed by atoms with Crippen molar-refractivity contribution in [3.8, 4) is 11.1 Å². The Labute approximate surface area is 209 Å². The molecule has 0 aliphatic rings. The molecule has 178 valence electrons. The zero-order valence-corrected chi connectivity index (χ0v) is 20.5. The van der Waals surface area contributed by atoms with E-state index in [0.717, 1.165) is 21.6 Å². The van der Waals surface area contributed by atoms with Crippen molar-refractivity contribution < 1.29 is 14.3 Å². The number of nitrogens with one attached hydrogen (secondary N) is 1. The maximum Gasteiger partial charge on any atom is 0.328 e. The zero-order chi connectivity index (χ0) is 24.8. The molecule has 3 aromatic carbocycles. The fraction of sp³-hybridized carbons (Fsp3) is 0.172. The summed E-state index contributed by atoms with van der Waals surface area (Å²) >= 11 is 1.65. The van der Waals surface area contributed by atoms with Crippen molar-refractivity contribution in [2.45, 2.75) is 25.4 Å². The minimum Gasteiger partial charge on any atom is -0.467 e. The van der Waals surface area contributed by atoms with E-state index >= 15 is 0 Å². The monoisotopic (exact) mass is 484 g/mol. The van der Waals surface area contributed by atoms with Crippen molar-refractivity contribution in [1.82, 2.24) is 0 Å². The third-order valence-electron chi connectivity index (χ3n) is 5.82. The molecule has 0 bridgehead atoms. The van der Waals surface area contributed by atoms with E-state index in [1.165, 1.54) is 7.11 Å². The molecule has 0 saturated heterocycles. The van der Waals surface area contributed by atoms with Gasteiger partial charge in [-0.25, -0.2) is 4.79 Å². The summed E-state index contributed by atoms with van der Waals surface area (Å²) in [6.07, 6.45) is 0.412. The number of carbonyl (C=O) groups excluding carboxylic acids is 2. The third-order valence-corrected chi connectivity index (χ3v) is 6.95. The third kappa shape index (κ3) is 5.85. The second kappa shape index (κ2) is 11.1. The molecule has 0 aliphatic carbocycles. The highest BCUT2D eigenvalue weighted by molar-refractivity contribution is 7.10. The maximum absolute atomic E-state index is 13.1. The molecule has 35 heavy (non-hydrogen) atoms. The number of hydrogen-bond acceptors (Lipinski definition) is 6. The molecule has 0 saturated carbocycles. The van der Waals surface area contributed by atoms with Crippen LogP contribution in [0.2, 0.25) is 0 Å². The van der Waals surface area contributed by atoms with Gasteiger partial charge in [-0.3, -0.25) is 4.79 Å². The van der Waals surface area contributed by atoms with Crippen molar-refractivity contribution in [3.05, 3.63) is 112 Å². The molecule has 6 heteroatoms. The van der Waals surface area contributed by atoms with Gasteiger partial charge in [0.1, 0.15) is 6.04 Å². The average Bonchev–Trinajstić information content (AvgIpc) is 3.39. The Morgan fingerprint density at radius 1 is 0.943 bits per heavy atom. The highest BCUT2D eigenvalue weighted by atomic mass is 32.1. The van der Waals surface area contributed by atoms with E-state index in [-0.39, 0.29) is 11.8 Å². The molecule has 5 nitrogen and oxygen atoms in total. The Morgan fingerprint density at radius 3 is 2.29 bits per heavy atom. The van der Waals surface area contributed by atoms with Gasteiger partial charge in [-0.2, -0.15) is 0 Å². The smallest absolute Gasteiger partial charge is 0.328 e. The summed E-state index contributed by atoms with van der Waals surface area (Å²) in [5.41, 5.74) is 10.9. The molecule has 4 aromatic rings. The molecule has 1 heterocycles. The largest absolute Gasteiger partial charge is 0.467 e. The molecular formula is C29H28N2O3S. The number of esters is 1. The van der Waals surface area contributed by atoms with Gasteiger partial charge in [0, 0.05) is 34.2 Å². The summed E-state index contributed by atoms with van der Waals surface area (Å²) in [5.74, 6) is -0.501. The van der Waals surface area contributed by atoms with Crippen molar-refractivity contribution in [2.24, 2.45) is 5.73 Å². The number of nitrogens with two attached hydrogens (primary N) is 1. The minimum atomic E-state index is -0.651. The summed E-state index contributed by atoms with van der Waals surface area (Å²) < 4.78 is 5.06. The first kappa shape index (κ1) is 24.4. The Hall–Kier alpha value is -3.74. The summed E-state index contributed by atoms with van der Waals surface area (Å²) in [6.45, 7) is 1.98. The first-order valence-corrected chi connectivity index (χ1v) is 12.3. The fourth-order valence-corrected chi connectivity index (χ4v) is 4.76. The van der Waals surface area contributed by atoms with Crippen LogP contribution in [0.25, 0.3) is 11.1 Å². The van der Waals surface area contributed by atoms with Crippen LogP contribution in [0.1, 0.15) is 39.3 Å². The van der Waals surface area contributed by atoms with E-state index in [9.17, 15) is 9.59 Å². The molecule has 2 atom stereocenters. The second-order valence-electron chi connectivity index (χ2n) is 8.39. The second-order valence-corrected chi connectivity index (χ2v) is 9.33. The first-order chi connectivity index (χ1) is 17.0. The van der Waals surface area contributed by atoms with E-state index in [2.05, 4.69) is 16.8 Å². The number of ketones is 1. The number of rotatable bonds is 9. The van der Waals surface area contributed by atoms with Crippen molar-refractivity contribution in [3.63, 3.8) is 0 Å². The molecule has 0 fully saturated rings. The lowest BCUT2D eigenvalue weighted by atomic mass is 9.99. The molecule has 1 aromatic heterocycles. The van der Waals surface area contributed by atoms with E-state index in [1.807, 2.05) is 67.6 Å². The van der Waals surface area contributed by atoms with Crippen LogP contribution in [0.5, 0.6) is 0 Å². The van der Waals surface area contributed by atoms with Gasteiger partial charge in [-0.05, 0) is 47.2 Å². The molecule has 3 N–H and O–H groups in total. The van der Waals surface area contributed by atoms with Crippen LogP contribution < -0.4 is 11.1 Å². The zero-order valence-electron chi connectivity index (χ0n) is 19.7. The highest BCUT2D eigenvalue weighted by Gasteiger charge is 2.22. The fourth-order valence-electron chi connectivity index (χ4n) is 3.89. The summed E-state index contributed by atoms with van der Waals surface area (Å²) in [7, 11) is 1.37. The van der Waals surface area contributed by atoms with Crippen LogP contribution in [-0.2, 0) is 16.0 Å². The van der Waals surface area contributed by atoms with E-state index < -0.39 is 12.0 Å². The molecule has 0 spiro atoms. The van der Waals surface area contributed by atoms with Gasteiger partial charge >= 0.3 is 5.97 Å².